The smallest absolute Gasteiger partial charge is 0.120 e. The predicted octanol–water partition coefficient (Wildman–Crippen LogP) is 5.96. The van der Waals surface area contributed by atoms with Crippen LogP contribution in [0.15, 0.2) is 46.4 Å². The van der Waals surface area contributed by atoms with Gasteiger partial charge in [0.25, 0.3) is 0 Å². The number of nitrogens with zero attached hydrogens (tertiary/aromatic N) is 3. The van der Waals surface area contributed by atoms with Gasteiger partial charge in [-0.05, 0) is 71.3 Å². The number of allylic oxidation sites excluding steroid dienone is 2. The van der Waals surface area contributed by atoms with Crippen LogP contribution >= 0.6 is 0 Å². The lowest BCUT2D eigenvalue weighted by molar-refractivity contribution is -0.797. The van der Waals surface area contributed by atoms with Gasteiger partial charge in [0.2, 0.25) is 0 Å². The van der Waals surface area contributed by atoms with Crippen LogP contribution in [0.2, 0.25) is 0 Å². The van der Waals surface area contributed by atoms with Gasteiger partial charge in [0, 0.05) is 35.6 Å². The quantitative estimate of drug-likeness (QED) is 0.486. The molecule has 0 aliphatic carbocycles. The minimum atomic E-state index is 0.634. The number of rotatable bonds is 5. The molecule has 0 unspecified atom stereocenters. The Labute approximate surface area is 176 Å². The molecule has 3 rings (SSSR count). The van der Waals surface area contributed by atoms with E-state index in [0.29, 0.717) is 5.92 Å². The minimum Gasteiger partial charge on any atom is -0.306 e. The first-order valence-electron chi connectivity index (χ1n) is 10.8. The van der Waals surface area contributed by atoms with Crippen LogP contribution in [0.25, 0.3) is 5.70 Å². The minimum absolute atomic E-state index is 0.634. The van der Waals surface area contributed by atoms with E-state index in [1.807, 2.05) is 0 Å². The number of benzene rings is 1. The van der Waals surface area contributed by atoms with Crippen LogP contribution in [0.4, 0.5) is 0 Å². The van der Waals surface area contributed by atoms with Crippen LogP contribution in [0.3, 0.4) is 0 Å². The Bertz CT molecular complexity index is 878. The average Bonchev–Trinajstić information content (AvgIpc) is 2.86. The molecule has 0 amide bonds. The zero-order valence-corrected chi connectivity index (χ0v) is 19.3. The molecule has 156 valence electrons. The zero-order chi connectivity index (χ0) is 21.3. The molecule has 0 radical (unpaired) electrons. The number of quaternary nitrogens is 1. The molecule has 2 aliphatic rings. The third-order valence-electron chi connectivity index (χ3n) is 6.63. The van der Waals surface area contributed by atoms with E-state index in [1.165, 1.54) is 52.9 Å². The first-order chi connectivity index (χ1) is 13.6. The van der Waals surface area contributed by atoms with Gasteiger partial charge in [0.1, 0.15) is 11.9 Å². The monoisotopic (exact) mass is 393 g/mol. The van der Waals surface area contributed by atoms with Crippen molar-refractivity contribution in [3.8, 4) is 0 Å². The summed E-state index contributed by atoms with van der Waals surface area (Å²) in [5.74, 6) is 0.634. The molecule has 1 saturated heterocycles. The summed E-state index contributed by atoms with van der Waals surface area (Å²) in [6, 6.07) is 4.36. The normalized spacial score (nSPS) is 22.8. The summed E-state index contributed by atoms with van der Waals surface area (Å²) >= 11 is 0. The van der Waals surface area contributed by atoms with Gasteiger partial charge in [-0.2, -0.15) is 5.11 Å². The van der Waals surface area contributed by atoms with Crippen LogP contribution in [0.1, 0.15) is 48.4 Å². The van der Waals surface area contributed by atoms with Crippen LogP contribution < -0.4 is 0 Å². The fraction of sp³-hybridized carbons (Fsp3) is 0.520. The number of hydrogen-bond acceptors (Lipinski definition) is 3. The zero-order valence-electron chi connectivity index (χ0n) is 19.3. The van der Waals surface area contributed by atoms with Crippen molar-refractivity contribution in [2.24, 2.45) is 11.0 Å². The Morgan fingerprint density at radius 3 is 2.45 bits per heavy atom. The highest BCUT2D eigenvalue weighted by atomic mass is 15.3. The SMILES string of the molecule is CC1=C(C/C=C(/N=N)c2c(C)cc(C)cc2C)[N+](C)(C)C=C1[C@H]1CCCN(C)C1. The van der Waals surface area contributed by atoms with E-state index in [2.05, 4.69) is 83.3 Å². The highest BCUT2D eigenvalue weighted by Gasteiger charge is 2.35. The maximum Gasteiger partial charge on any atom is 0.120 e. The fourth-order valence-electron chi connectivity index (χ4n) is 5.32. The molecule has 0 saturated carbocycles. The number of piperidine rings is 1. The van der Waals surface area contributed by atoms with Gasteiger partial charge in [0.15, 0.2) is 0 Å². The van der Waals surface area contributed by atoms with Crippen molar-refractivity contribution in [1.29, 1.82) is 5.53 Å². The second kappa shape index (κ2) is 8.37. The molecule has 1 atom stereocenters. The maximum absolute atomic E-state index is 7.81. The molecule has 0 aromatic heterocycles. The van der Waals surface area contributed by atoms with E-state index in [0.717, 1.165) is 28.7 Å². The highest BCUT2D eigenvalue weighted by Crippen LogP contribution is 2.40. The lowest BCUT2D eigenvalue weighted by atomic mass is 9.87. The summed E-state index contributed by atoms with van der Waals surface area (Å²) < 4.78 is 0.801. The summed E-state index contributed by atoms with van der Waals surface area (Å²) in [5, 5.41) is 3.92. The Morgan fingerprint density at radius 1 is 1.21 bits per heavy atom. The summed E-state index contributed by atoms with van der Waals surface area (Å²) in [7, 11) is 6.77. The van der Waals surface area contributed by atoms with Crippen molar-refractivity contribution < 1.29 is 4.48 Å². The van der Waals surface area contributed by atoms with Crippen molar-refractivity contribution >= 4 is 5.70 Å². The molecule has 2 heterocycles. The Kier molecular flexibility index (Phi) is 6.25. The number of nitrogens with one attached hydrogen (secondary N) is 1. The molecule has 0 bridgehead atoms. The van der Waals surface area contributed by atoms with E-state index < -0.39 is 0 Å². The molecule has 1 fully saturated rings. The number of aryl methyl sites for hydroxylation is 3. The summed E-state index contributed by atoms with van der Waals surface area (Å²) in [5.41, 5.74) is 17.7. The Balaban J connectivity index is 1.91. The molecule has 4 nitrogen and oxygen atoms in total. The van der Waals surface area contributed by atoms with Crippen molar-refractivity contribution in [3.05, 3.63) is 63.5 Å². The Morgan fingerprint density at radius 2 is 1.86 bits per heavy atom. The second-order valence-electron chi connectivity index (χ2n) is 9.48. The predicted molar refractivity (Wildman–Crippen MR) is 122 cm³/mol. The van der Waals surface area contributed by atoms with Crippen LogP contribution in [-0.2, 0) is 0 Å². The van der Waals surface area contributed by atoms with Gasteiger partial charge in [-0.1, -0.05) is 17.7 Å². The van der Waals surface area contributed by atoms with Gasteiger partial charge in [-0.15, -0.1) is 0 Å². The van der Waals surface area contributed by atoms with Crippen LogP contribution in [0.5, 0.6) is 0 Å². The molecule has 1 N–H and O–H groups in total. The van der Waals surface area contributed by atoms with Gasteiger partial charge in [0.05, 0.1) is 19.8 Å². The first kappa shape index (κ1) is 21.7. The summed E-state index contributed by atoms with van der Waals surface area (Å²) in [6.07, 6.45) is 7.99. The first-order valence-corrected chi connectivity index (χ1v) is 10.8. The maximum atomic E-state index is 7.81. The standard InChI is InChI=1S/C25H37N4/c1-17-13-18(2)25(19(3)14-17)23(27-26)10-11-24-20(4)22(16-29(24,6)7)21-9-8-12-28(5)15-21/h10,13-14,16,21,26H,8-9,11-12,15H2,1-7H3/q+1/b23-10+,27-26?/t21-/m0/s1. The molecule has 0 spiro atoms. The van der Waals surface area contributed by atoms with Crippen molar-refractivity contribution in [2.75, 3.05) is 34.2 Å². The average molecular weight is 394 g/mol. The molecule has 1 aromatic carbocycles. The Hall–Kier alpha value is -2.04. The topological polar surface area (TPSA) is 39.5 Å². The molecule has 1 aromatic rings. The van der Waals surface area contributed by atoms with Gasteiger partial charge < -0.3 is 4.90 Å². The van der Waals surface area contributed by atoms with Crippen molar-refractivity contribution in [1.82, 2.24) is 4.90 Å². The summed E-state index contributed by atoms with van der Waals surface area (Å²) in [6.45, 7) is 11.0. The van der Waals surface area contributed by atoms with Crippen molar-refractivity contribution in [3.63, 3.8) is 0 Å². The van der Waals surface area contributed by atoms with Gasteiger partial charge >= 0.3 is 0 Å². The number of likely N-dealkylation sites (tertiary alicyclic amines) is 1. The number of hydrogen-bond donors (Lipinski definition) is 1. The molecule has 29 heavy (non-hydrogen) atoms. The van der Waals surface area contributed by atoms with Crippen LogP contribution in [0, 0.1) is 32.2 Å². The van der Waals surface area contributed by atoms with Crippen molar-refractivity contribution in [2.45, 2.75) is 47.0 Å². The van der Waals surface area contributed by atoms with E-state index in [9.17, 15) is 0 Å². The highest BCUT2D eigenvalue weighted by molar-refractivity contribution is 5.70. The second-order valence-corrected chi connectivity index (χ2v) is 9.48. The van der Waals surface area contributed by atoms with Crippen LogP contribution in [-0.4, -0.2) is 43.6 Å². The largest absolute Gasteiger partial charge is 0.306 e. The van der Waals surface area contributed by atoms with E-state index in [-0.39, 0.29) is 0 Å². The fourth-order valence-corrected chi connectivity index (χ4v) is 5.32. The molecular formula is C25H37N4+. The van der Waals surface area contributed by atoms with E-state index >= 15 is 0 Å². The van der Waals surface area contributed by atoms with Gasteiger partial charge in [-0.25, -0.2) is 5.53 Å². The van der Waals surface area contributed by atoms with E-state index in [1.54, 1.807) is 0 Å². The lowest BCUT2D eigenvalue weighted by Crippen LogP contribution is -2.33. The van der Waals surface area contributed by atoms with Gasteiger partial charge in [-0.3, -0.25) is 4.48 Å². The lowest BCUT2D eigenvalue weighted by Gasteiger charge is -2.30. The molecule has 4 heteroatoms. The van der Waals surface area contributed by atoms with E-state index in [4.69, 9.17) is 5.53 Å². The molecule has 2 aliphatic heterocycles. The third kappa shape index (κ3) is 4.44. The molecular weight excluding hydrogens is 356 g/mol. The third-order valence-corrected chi connectivity index (χ3v) is 6.63. The summed E-state index contributed by atoms with van der Waals surface area (Å²) in [4.78, 5) is 2.46.